The van der Waals surface area contributed by atoms with Crippen molar-refractivity contribution in [3.05, 3.63) is 75.3 Å². The van der Waals surface area contributed by atoms with Crippen LogP contribution in [0.15, 0.2) is 53.0 Å². The van der Waals surface area contributed by atoms with Crippen molar-refractivity contribution in [2.45, 2.75) is 38.3 Å². The van der Waals surface area contributed by atoms with Crippen LogP contribution in [0.25, 0.3) is 0 Å². The van der Waals surface area contributed by atoms with Crippen LogP contribution in [0.3, 0.4) is 0 Å². The molecular formula is C30H31N3O9. The number of carbonyl (C=O) groups excluding carboxylic acids is 4. The molecule has 3 aliphatic carbocycles. The highest BCUT2D eigenvalue weighted by Gasteiger charge is 2.59. The molecule has 2 aromatic rings. The molecule has 42 heavy (non-hydrogen) atoms. The lowest BCUT2D eigenvalue weighted by Crippen LogP contribution is -2.57. The summed E-state index contributed by atoms with van der Waals surface area (Å²) in [6, 6.07) is 8.47. The highest BCUT2D eigenvalue weighted by atomic mass is 16.6. The lowest BCUT2D eigenvalue weighted by Gasteiger charge is -2.46. The van der Waals surface area contributed by atoms with Gasteiger partial charge in [0.1, 0.15) is 28.6 Å². The second kappa shape index (κ2) is 10.2. The van der Waals surface area contributed by atoms with Gasteiger partial charge in [0, 0.05) is 49.8 Å². The van der Waals surface area contributed by atoms with E-state index in [4.69, 9.17) is 10.5 Å². The fourth-order valence-electron chi connectivity index (χ4n) is 6.17. The van der Waals surface area contributed by atoms with Gasteiger partial charge in [-0.15, -0.1) is 0 Å². The van der Waals surface area contributed by atoms with E-state index in [9.17, 15) is 39.6 Å². The first kappa shape index (κ1) is 28.7. The zero-order valence-electron chi connectivity index (χ0n) is 23.2. The largest absolute Gasteiger partial charge is 0.511 e. The number of Topliss-reactive ketones (excluding diaryl/α,β-unsaturated/α-hetero) is 2. The summed E-state index contributed by atoms with van der Waals surface area (Å²) in [6.07, 6.45) is -0.888. The van der Waals surface area contributed by atoms with Crippen LogP contribution < -0.4 is 20.7 Å². The molecule has 0 heterocycles. The minimum absolute atomic E-state index is 0.0324. The first-order valence-electron chi connectivity index (χ1n) is 13.3. The third-order valence-electron chi connectivity index (χ3n) is 8.25. The maximum absolute atomic E-state index is 13.9. The summed E-state index contributed by atoms with van der Waals surface area (Å²) in [5.74, 6) is -6.65. The number of aliphatic hydroxyl groups is 3. The van der Waals surface area contributed by atoms with Crippen LogP contribution in [-0.4, -0.2) is 63.7 Å². The third kappa shape index (κ3) is 4.44. The van der Waals surface area contributed by atoms with Crippen LogP contribution >= 0.6 is 0 Å². The quantitative estimate of drug-likeness (QED) is 0.286. The van der Waals surface area contributed by atoms with Crippen molar-refractivity contribution in [3.8, 4) is 11.5 Å². The van der Waals surface area contributed by atoms with Crippen molar-refractivity contribution in [1.29, 1.82) is 0 Å². The number of amides is 2. The number of nitrogens with two attached hydrogens (primary N) is 1. The Morgan fingerprint density at radius 1 is 1.12 bits per heavy atom. The SMILES string of the molecule is Cc1ccc(OC(=O)NCc2cc(N(C)C)c3c(c2O)C(=O)C2=C(O)[C@]4(O)C(=O)C(C(N)=O)=C(O)CC4CC2C3)cc1. The van der Waals surface area contributed by atoms with E-state index in [1.165, 1.54) is 0 Å². The van der Waals surface area contributed by atoms with Gasteiger partial charge in [-0.1, -0.05) is 17.7 Å². The van der Waals surface area contributed by atoms with Crippen LogP contribution in [0, 0.1) is 18.8 Å². The zero-order valence-corrected chi connectivity index (χ0v) is 23.2. The summed E-state index contributed by atoms with van der Waals surface area (Å²) in [5, 5.41) is 46.8. The van der Waals surface area contributed by atoms with Crippen LogP contribution in [0.5, 0.6) is 11.5 Å². The fourth-order valence-corrected chi connectivity index (χ4v) is 6.17. The van der Waals surface area contributed by atoms with Gasteiger partial charge in [0.2, 0.25) is 5.78 Å². The van der Waals surface area contributed by atoms with Gasteiger partial charge in [-0.2, -0.15) is 0 Å². The number of phenols is 1. The summed E-state index contributed by atoms with van der Waals surface area (Å²) < 4.78 is 5.27. The summed E-state index contributed by atoms with van der Waals surface area (Å²) in [5.41, 5.74) is 3.62. The van der Waals surface area contributed by atoms with E-state index in [-0.39, 0.29) is 42.5 Å². The molecule has 0 aromatic heterocycles. The lowest BCUT2D eigenvalue weighted by molar-refractivity contribution is -0.144. The highest BCUT2D eigenvalue weighted by Crippen LogP contribution is 2.52. The van der Waals surface area contributed by atoms with Gasteiger partial charge < -0.3 is 41.1 Å². The molecule has 2 aromatic carbocycles. The monoisotopic (exact) mass is 577 g/mol. The number of anilines is 1. The van der Waals surface area contributed by atoms with Gasteiger partial charge in [-0.25, -0.2) is 4.79 Å². The second-order valence-corrected chi connectivity index (χ2v) is 11.1. The predicted octanol–water partition coefficient (Wildman–Crippen LogP) is 2.24. The summed E-state index contributed by atoms with van der Waals surface area (Å²) in [4.78, 5) is 53.1. The number of aromatic hydroxyl groups is 1. The molecule has 0 radical (unpaired) electrons. The lowest BCUT2D eigenvalue weighted by atomic mass is 9.60. The summed E-state index contributed by atoms with van der Waals surface area (Å²) >= 11 is 0. The number of nitrogens with one attached hydrogen (secondary N) is 1. The van der Waals surface area contributed by atoms with Gasteiger partial charge in [-0.3, -0.25) is 14.4 Å². The summed E-state index contributed by atoms with van der Waals surface area (Å²) in [6.45, 7) is 1.69. The van der Waals surface area contributed by atoms with E-state index in [0.29, 0.717) is 17.0 Å². The number of ether oxygens (including phenoxy) is 1. The van der Waals surface area contributed by atoms with Crippen molar-refractivity contribution >= 4 is 29.3 Å². The van der Waals surface area contributed by atoms with Gasteiger partial charge >= 0.3 is 6.09 Å². The molecule has 3 atom stereocenters. The Kier molecular flexibility index (Phi) is 6.97. The number of aliphatic hydroxyl groups excluding tert-OH is 2. The molecule has 220 valence electrons. The molecule has 0 spiro atoms. The molecule has 12 nitrogen and oxygen atoms in total. The van der Waals surface area contributed by atoms with Crippen LogP contribution in [0.4, 0.5) is 10.5 Å². The molecule has 2 amide bonds. The van der Waals surface area contributed by atoms with E-state index in [1.807, 2.05) is 6.92 Å². The van der Waals surface area contributed by atoms with E-state index >= 15 is 0 Å². The number of allylic oxidation sites excluding steroid dienone is 2. The summed E-state index contributed by atoms with van der Waals surface area (Å²) in [7, 11) is 3.49. The van der Waals surface area contributed by atoms with Crippen molar-refractivity contribution in [2.75, 3.05) is 19.0 Å². The molecule has 0 saturated carbocycles. The Morgan fingerprint density at radius 2 is 1.79 bits per heavy atom. The average Bonchev–Trinajstić information content (AvgIpc) is 2.91. The molecule has 0 aliphatic heterocycles. The molecule has 7 N–H and O–H groups in total. The van der Waals surface area contributed by atoms with Gasteiger partial charge in [0.15, 0.2) is 11.4 Å². The number of hydrogen-bond acceptors (Lipinski definition) is 10. The standard InChI is InChI=1S/C30H31N3O9/c1-13-4-6-17(7-5-13)42-29(40)32-12-15-10-19(33(2)3)18-9-14-8-16-11-20(34)23(28(31)39)27(38)30(16,41)26(37)21(14)25(36)22(18)24(15)35/h4-7,10,14,16,34-35,37,41H,8-9,11-12H2,1-3H3,(H2,31,39)(H,32,40)/t14?,16?,30-/m0/s1. The minimum Gasteiger partial charge on any atom is -0.511 e. The number of rotatable bonds is 5. The normalized spacial score (nSPS) is 23.1. The number of hydrogen-bond donors (Lipinski definition) is 6. The molecule has 0 saturated heterocycles. The molecule has 2 unspecified atom stereocenters. The Labute approximate surface area is 240 Å². The molecule has 5 rings (SSSR count). The molecular weight excluding hydrogens is 546 g/mol. The number of ketones is 2. The Bertz CT molecular complexity index is 1610. The zero-order chi connectivity index (χ0) is 30.7. The number of benzene rings is 2. The molecule has 3 aliphatic rings. The molecule has 0 bridgehead atoms. The van der Waals surface area contributed by atoms with Crippen LogP contribution in [0.2, 0.25) is 0 Å². The maximum atomic E-state index is 13.9. The first-order chi connectivity index (χ1) is 19.7. The van der Waals surface area contributed by atoms with Crippen molar-refractivity contribution in [1.82, 2.24) is 5.32 Å². The number of carbonyl (C=O) groups is 4. The highest BCUT2D eigenvalue weighted by molar-refractivity contribution is 6.24. The Balaban J connectivity index is 1.52. The van der Waals surface area contributed by atoms with E-state index in [0.717, 1.165) is 5.56 Å². The number of primary amides is 1. The van der Waals surface area contributed by atoms with Gasteiger partial charge in [0.25, 0.3) is 5.91 Å². The smallest absolute Gasteiger partial charge is 0.412 e. The second-order valence-electron chi connectivity index (χ2n) is 11.1. The Morgan fingerprint density at radius 3 is 2.40 bits per heavy atom. The molecule has 12 heteroatoms. The minimum atomic E-state index is -2.64. The van der Waals surface area contributed by atoms with Gasteiger partial charge in [-0.05, 0) is 49.4 Å². The Hall–Kier alpha value is -4.84. The predicted molar refractivity (Wildman–Crippen MR) is 149 cm³/mol. The maximum Gasteiger partial charge on any atom is 0.412 e. The van der Waals surface area contributed by atoms with Gasteiger partial charge in [0.05, 0.1) is 5.56 Å². The van der Waals surface area contributed by atoms with Crippen molar-refractivity contribution < 1.29 is 44.3 Å². The fraction of sp³-hybridized carbons (Fsp3) is 0.333. The number of phenolic OH excluding ortho intramolecular Hbond substituents is 1. The number of aryl methyl sites for hydroxylation is 1. The molecule has 0 fully saturated rings. The third-order valence-corrected chi connectivity index (χ3v) is 8.25. The van der Waals surface area contributed by atoms with E-state index in [1.54, 1.807) is 49.3 Å². The van der Waals surface area contributed by atoms with E-state index in [2.05, 4.69) is 5.32 Å². The topological polar surface area (TPSA) is 200 Å². The first-order valence-corrected chi connectivity index (χ1v) is 13.3. The number of nitrogens with zero attached hydrogens (tertiary/aromatic N) is 1. The van der Waals surface area contributed by atoms with Crippen molar-refractivity contribution in [2.24, 2.45) is 17.6 Å². The van der Waals surface area contributed by atoms with Crippen molar-refractivity contribution in [3.63, 3.8) is 0 Å². The van der Waals surface area contributed by atoms with E-state index < -0.39 is 63.8 Å². The van der Waals surface area contributed by atoms with Crippen LogP contribution in [-0.2, 0) is 22.6 Å². The van der Waals surface area contributed by atoms with Crippen LogP contribution in [0.1, 0.15) is 39.9 Å². The average molecular weight is 578 g/mol. The number of fused-ring (bicyclic) bond motifs is 3.